The lowest BCUT2D eigenvalue weighted by Gasteiger charge is -2.24. The van der Waals surface area contributed by atoms with E-state index in [1.807, 2.05) is 12.1 Å². The number of hydrogen-bond acceptors (Lipinski definition) is 2. The van der Waals surface area contributed by atoms with Crippen molar-refractivity contribution in [2.75, 3.05) is 7.11 Å². The van der Waals surface area contributed by atoms with Crippen LogP contribution in [0.2, 0.25) is 19.6 Å². The molecule has 0 fully saturated rings. The number of rotatable bonds is 4. The van der Waals surface area contributed by atoms with Crippen LogP contribution in [0.1, 0.15) is 19.4 Å². The predicted octanol–water partition coefficient (Wildman–Crippen LogP) is 3.78. The SMILES string of the molecule is COC(C)(C)c1ccc(O[Si](C)(C)C)cc1. The summed E-state index contributed by atoms with van der Waals surface area (Å²) in [5, 5.41) is 0. The summed E-state index contributed by atoms with van der Waals surface area (Å²) in [5.74, 6) is 0.954. The van der Waals surface area contributed by atoms with Gasteiger partial charge in [0.2, 0.25) is 8.32 Å². The third-order valence-electron chi connectivity index (χ3n) is 2.48. The molecule has 0 saturated carbocycles. The van der Waals surface area contributed by atoms with E-state index in [-0.39, 0.29) is 5.60 Å². The van der Waals surface area contributed by atoms with Gasteiger partial charge in [-0.2, -0.15) is 0 Å². The molecule has 16 heavy (non-hydrogen) atoms. The molecule has 0 heterocycles. The van der Waals surface area contributed by atoms with Crippen LogP contribution in [0.3, 0.4) is 0 Å². The van der Waals surface area contributed by atoms with Gasteiger partial charge in [-0.05, 0) is 51.2 Å². The molecule has 0 aromatic heterocycles. The Morgan fingerprint density at radius 1 is 1.00 bits per heavy atom. The maximum atomic E-state index is 5.90. The van der Waals surface area contributed by atoms with Crippen molar-refractivity contribution >= 4 is 8.32 Å². The van der Waals surface area contributed by atoms with Crippen LogP contribution in [0.5, 0.6) is 5.75 Å². The maximum absolute atomic E-state index is 5.90. The lowest BCUT2D eigenvalue weighted by Crippen LogP contribution is -2.29. The average molecular weight is 238 g/mol. The van der Waals surface area contributed by atoms with Gasteiger partial charge >= 0.3 is 0 Å². The van der Waals surface area contributed by atoms with Crippen molar-refractivity contribution < 1.29 is 9.16 Å². The Morgan fingerprint density at radius 3 is 1.88 bits per heavy atom. The van der Waals surface area contributed by atoms with Gasteiger partial charge in [0.25, 0.3) is 0 Å². The van der Waals surface area contributed by atoms with Crippen LogP contribution in [-0.4, -0.2) is 15.4 Å². The highest BCUT2D eigenvalue weighted by atomic mass is 28.4. The molecule has 0 bridgehead atoms. The van der Waals surface area contributed by atoms with Gasteiger partial charge in [0.1, 0.15) is 5.75 Å². The Balaban J connectivity index is 2.84. The molecule has 0 radical (unpaired) electrons. The molecule has 90 valence electrons. The molecule has 3 heteroatoms. The molecule has 0 amide bonds. The molecule has 1 aromatic rings. The third-order valence-corrected chi connectivity index (χ3v) is 3.33. The van der Waals surface area contributed by atoms with Gasteiger partial charge in [-0.15, -0.1) is 0 Å². The topological polar surface area (TPSA) is 18.5 Å². The summed E-state index contributed by atoms with van der Waals surface area (Å²) in [7, 11) is 0.228. The van der Waals surface area contributed by atoms with Crippen LogP contribution >= 0.6 is 0 Å². The molecule has 2 nitrogen and oxygen atoms in total. The first kappa shape index (κ1) is 13.3. The molecule has 1 rings (SSSR count). The fourth-order valence-corrected chi connectivity index (χ4v) is 2.24. The lowest BCUT2D eigenvalue weighted by atomic mass is 9.98. The Labute approximate surface area is 99.7 Å². The van der Waals surface area contributed by atoms with E-state index in [0.29, 0.717) is 0 Å². The second kappa shape index (κ2) is 4.59. The van der Waals surface area contributed by atoms with E-state index >= 15 is 0 Å². The Morgan fingerprint density at radius 2 is 1.50 bits per heavy atom. The molecular formula is C13H22O2Si. The van der Waals surface area contributed by atoms with Crippen molar-refractivity contribution in [1.29, 1.82) is 0 Å². The Kier molecular flexibility index (Phi) is 3.81. The van der Waals surface area contributed by atoms with Crippen LogP contribution in [0.4, 0.5) is 0 Å². The summed E-state index contributed by atoms with van der Waals surface area (Å²) in [6, 6.07) is 8.18. The zero-order valence-electron chi connectivity index (χ0n) is 11.1. The van der Waals surface area contributed by atoms with Crippen LogP contribution in [0.15, 0.2) is 24.3 Å². The summed E-state index contributed by atoms with van der Waals surface area (Å²) < 4.78 is 11.3. The van der Waals surface area contributed by atoms with Crippen LogP contribution in [0.25, 0.3) is 0 Å². The molecule has 0 aliphatic carbocycles. The highest BCUT2D eigenvalue weighted by molar-refractivity contribution is 6.70. The van der Waals surface area contributed by atoms with Gasteiger partial charge < -0.3 is 9.16 Å². The molecule has 0 saturated heterocycles. The van der Waals surface area contributed by atoms with E-state index in [9.17, 15) is 0 Å². The normalized spacial score (nSPS) is 12.6. The molecule has 1 aromatic carbocycles. The minimum atomic E-state index is -1.50. The van der Waals surface area contributed by atoms with Crippen molar-refractivity contribution in [2.45, 2.75) is 39.1 Å². The molecular weight excluding hydrogens is 216 g/mol. The second-order valence-electron chi connectivity index (χ2n) is 5.45. The summed E-state index contributed by atoms with van der Waals surface area (Å²) >= 11 is 0. The van der Waals surface area contributed by atoms with Crippen molar-refractivity contribution in [3.63, 3.8) is 0 Å². The standard InChI is InChI=1S/C13H22O2Si/c1-13(2,14-3)11-7-9-12(10-8-11)15-16(4,5)6/h7-10H,1-6H3. The fourth-order valence-electron chi connectivity index (χ4n) is 1.40. The van der Waals surface area contributed by atoms with Gasteiger partial charge in [-0.1, -0.05) is 12.1 Å². The second-order valence-corrected chi connectivity index (χ2v) is 9.88. The number of benzene rings is 1. The van der Waals surface area contributed by atoms with Gasteiger partial charge in [-0.3, -0.25) is 0 Å². The zero-order chi connectivity index (χ0) is 12.4. The highest BCUT2D eigenvalue weighted by Gasteiger charge is 2.20. The van der Waals surface area contributed by atoms with Crippen LogP contribution in [0, 0.1) is 0 Å². The largest absolute Gasteiger partial charge is 0.544 e. The first-order chi connectivity index (χ1) is 7.24. The first-order valence-corrected chi connectivity index (χ1v) is 9.00. The monoisotopic (exact) mass is 238 g/mol. The number of methoxy groups -OCH3 is 1. The smallest absolute Gasteiger partial charge is 0.242 e. The van der Waals surface area contributed by atoms with E-state index in [1.54, 1.807) is 7.11 Å². The van der Waals surface area contributed by atoms with Crippen molar-refractivity contribution in [3.8, 4) is 5.75 Å². The summed E-state index contributed by atoms with van der Waals surface area (Å²) in [4.78, 5) is 0. The lowest BCUT2D eigenvalue weighted by molar-refractivity contribution is 0.0192. The minimum absolute atomic E-state index is 0.238. The van der Waals surface area contributed by atoms with Crippen LogP contribution in [-0.2, 0) is 10.3 Å². The van der Waals surface area contributed by atoms with E-state index in [1.165, 1.54) is 0 Å². The van der Waals surface area contributed by atoms with Gasteiger partial charge in [0, 0.05) is 7.11 Å². The van der Waals surface area contributed by atoms with Gasteiger partial charge in [-0.25, -0.2) is 0 Å². The van der Waals surface area contributed by atoms with Crippen molar-refractivity contribution in [2.24, 2.45) is 0 Å². The molecule has 0 spiro atoms. The Bertz CT molecular complexity index is 336. The predicted molar refractivity (Wildman–Crippen MR) is 70.5 cm³/mol. The van der Waals surface area contributed by atoms with Crippen molar-refractivity contribution in [1.82, 2.24) is 0 Å². The summed E-state index contributed by atoms with van der Waals surface area (Å²) in [6.07, 6.45) is 0. The van der Waals surface area contributed by atoms with Gasteiger partial charge in [0.15, 0.2) is 0 Å². The van der Waals surface area contributed by atoms with E-state index in [4.69, 9.17) is 9.16 Å². The van der Waals surface area contributed by atoms with E-state index in [0.717, 1.165) is 11.3 Å². The average Bonchev–Trinajstić information content (AvgIpc) is 2.16. The molecule has 0 unspecified atom stereocenters. The summed E-state index contributed by atoms with van der Waals surface area (Å²) in [6.45, 7) is 10.7. The van der Waals surface area contributed by atoms with E-state index < -0.39 is 8.32 Å². The highest BCUT2D eigenvalue weighted by Crippen LogP contribution is 2.26. The molecule has 0 aliphatic rings. The Hall–Kier alpha value is -0.803. The maximum Gasteiger partial charge on any atom is 0.242 e. The quantitative estimate of drug-likeness (QED) is 0.743. The number of ether oxygens (including phenoxy) is 1. The first-order valence-electron chi connectivity index (χ1n) is 5.59. The van der Waals surface area contributed by atoms with Crippen LogP contribution < -0.4 is 4.43 Å². The van der Waals surface area contributed by atoms with Gasteiger partial charge in [0.05, 0.1) is 5.60 Å². The van der Waals surface area contributed by atoms with Crippen molar-refractivity contribution in [3.05, 3.63) is 29.8 Å². The fraction of sp³-hybridized carbons (Fsp3) is 0.538. The zero-order valence-corrected chi connectivity index (χ0v) is 12.1. The molecule has 0 aliphatic heterocycles. The molecule has 0 N–H and O–H groups in total. The molecule has 0 atom stereocenters. The van der Waals surface area contributed by atoms with E-state index in [2.05, 4.69) is 45.6 Å². The number of hydrogen-bond donors (Lipinski definition) is 0. The summed E-state index contributed by atoms with van der Waals surface area (Å²) in [5.41, 5.74) is 0.926. The minimum Gasteiger partial charge on any atom is -0.544 e. The third kappa shape index (κ3) is 3.65.